The number of nitrogens with one attached hydrogen (secondary N) is 1. The molecule has 1 aromatic carbocycles. The standard InChI is InChI=1S/C32H34F2N10O3S/c33-32(34)47-28-5-4-24(48-23-2-3-23)14-25(28)29-27(37-31(45)26-15-36-43-10-1-9-35-30(26)43)18-42(39-29)16-20-17-44(40-38-20)21-6-11-41(12-7-21)22-8-13-46-19-22/h1,4-5,9-10,14-15,17-18,21-23,32H,2-3,6-8,11-13,16,19H2,(H,37,45)/t22-/m1/s1. The second-order valence-electron chi connectivity index (χ2n) is 12.3. The zero-order valence-corrected chi connectivity index (χ0v) is 26.8. The molecule has 48 heavy (non-hydrogen) atoms. The summed E-state index contributed by atoms with van der Waals surface area (Å²) in [5.74, 6) is -0.504. The monoisotopic (exact) mass is 676 g/mol. The smallest absolute Gasteiger partial charge is 0.387 e. The van der Waals surface area contributed by atoms with Gasteiger partial charge in [-0.05, 0) is 56.4 Å². The summed E-state index contributed by atoms with van der Waals surface area (Å²) in [6, 6.07) is 7.56. The molecule has 2 aliphatic heterocycles. The Kier molecular flexibility index (Phi) is 8.52. The van der Waals surface area contributed by atoms with E-state index in [0.29, 0.717) is 33.9 Å². The third kappa shape index (κ3) is 6.64. The number of aromatic nitrogens is 8. The van der Waals surface area contributed by atoms with Crippen LogP contribution in [0.5, 0.6) is 5.75 Å². The summed E-state index contributed by atoms with van der Waals surface area (Å²) in [7, 11) is 0. The van der Waals surface area contributed by atoms with Crippen molar-refractivity contribution in [2.45, 2.75) is 67.5 Å². The predicted octanol–water partition coefficient (Wildman–Crippen LogP) is 4.77. The number of benzene rings is 1. The molecule has 0 radical (unpaired) electrons. The average molecular weight is 677 g/mol. The lowest BCUT2D eigenvalue weighted by Crippen LogP contribution is -2.42. The number of amides is 1. The number of nitrogens with zero attached hydrogens (tertiary/aromatic N) is 9. The molecule has 1 amide bonds. The number of ether oxygens (including phenoxy) is 2. The molecule has 1 aliphatic carbocycles. The molecule has 13 nitrogen and oxygen atoms in total. The number of fused-ring (bicyclic) bond motifs is 1. The SMILES string of the molecule is O=C(Nc1cn(Cc2cn(C3CCN([C@@H]4CCOC4)CC3)nn2)nc1-c1cc(SC2CC2)ccc1OC(F)F)c1cnn2cccnc12. The van der Waals surface area contributed by atoms with E-state index in [-0.39, 0.29) is 29.6 Å². The molecule has 6 heterocycles. The molecular weight excluding hydrogens is 642 g/mol. The molecule has 1 atom stereocenters. The summed E-state index contributed by atoms with van der Waals surface area (Å²) in [6.07, 6.45) is 13.6. The van der Waals surface area contributed by atoms with Crippen LogP contribution in [0.1, 0.15) is 54.2 Å². The van der Waals surface area contributed by atoms with Gasteiger partial charge in [0.15, 0.2) is 5.65 Å². The van der Waals surface area contributed by atoms with Crippen LogP contribution < -0.4 is 10.1 Å². The van der Waals surface area contributed by atoms with Crippen molar-refractivity contribution in [1.82, 2.24) is 44.3 Å². The highest BCUT2D eigenvalue weighted by atomic mass is 32.2. The maximum atomic E-state index is 13.6. The number of anilines is 1. The normalized spacial score (nSPS) is 19.0. The number of carbonyl (C=O) groups is 1. The fourth-order valence-electron chi connectivity index (χ4n) is 6.37. The number of rotatable bonds is 11. The third-order valence-corrected chi connectivity index (χ3v) is 10.3. The number of carbonyl (C=O) groups excluding carboxylic acids is 1. The Labute approximate surface area is 278 Å². The number of hydrogen-bond acceptors (Lipinski definition) is 10. The van der Waals surface area contributed by atoms with Crippen molar-refractivity contribution in [3.8, 4) is 17.0 Å². The van der Waals surface area contributed by atoms with Gasteiger partial charge in [-0.15, -0.1) is 16.9 Å². The van der Waals surface area contributed by atoms with Crippen LogP contribution in [0.15, 0.2) is 60.1 Å². The van der Waals surface area contributed by atoms with E-state index >= 15 is 0 Å². The van der Waals surface area contributed by atoms with Crippen molar-refractivity contribution in [3.05, 3.63) is 66.5 Å². The summed E-state index contributed by atoms with van der Waals surface area (Å²) in [6.45, 7) is 0.833. The minimum absolute atomic E-state index is 0.0370. The zero-order valence-electron chi connectivity index (χ0n) is 26.0. The van der Waals surface area contributed by atoms with Crippen molar-refractivity contribution in [2.24, 2.45) is 0 Å². The Hall–Kier alpha value is -4.41. The molecule has 5 aromatic rings. The van der Waals surface area contributed by atoms with Gasteiger partial charge in [0.2, 0.25) is 0 Å². The minimum atomic E-state index is -3.04. The van der Waals surface area contributed by atoms with E-state index in [1.165, 1.54) is 16.8 Å². The number of thioether (sulfide) groups is 1. The number of halogens is 2. The van der Waals surface area contributed by atoms with Crippen molar-refractivity contribution < 1.29 is 23.0 Å². The van der Waals surface area contributed by atoms with Gasteiger partial charge >= 0.3 is 6.61 Å². The third-order valence-electron chi connectivity index (χ3n) is 8.96. The molecule has 1 saturated carbocycles. The van der Waals surface area contributed by atoms with Crippen LogP contribution in [0, 0.1) is 0 Å². The molecule has 0 spiro atoms. The second-order valence-corrected chi connectivity index (χ2v) is 13.7. The van der Waals surface area contributed by atoms with Crippen molar-refractivity contribution >= 4 is 29.0 Å². The molecular formula is C32H34F2N10O3S. The van der Waals surface area contributed by atoms with Crippen molar-refractivity contribution in [2.75, 3.05) is 31.6 Å². The van der Waals surface area contributed by atoms with Gasteiger partial charge in [0, 0.05) is 60.0 Å². The van der Waals surface area contributed by atoms with E-state index in [1.54, 1.807) is 53.2 Å². The average Bonchev–Trinajstić information content (AvgIpc) is 3.54. The molecule has 0 bridgehead atoms. The Morgan fingerprint density at radius 2 is 2.00 bits per heavy atom. The number of alkyl halides is 2. The van der Waals surface area contributed by atoms with Crippen LogP contribution in [-0.4, -0.2) is 94.4 Å². The summed E-state index contributed by atoms with van der Waals surface area (Å²) in [5.41, 5.74) is 2.27. The van der Waals surface area contributed by atoms with E-state index in [9.17, 15) is 13.6 Å². The van der Waals surface area contributed by atoms with E-state index in [2.05, 4.69) is 30.6 Å². The zero-order chi connectivity index (χ0) is 32.6. The molecule has 0 unspecified atom stereocenters. The molecule has 2 saturated heterocycles. The first kappa shape index (κ1) is 30.9. The summed E-state index contributed by atoms with van der Waals surface area (Å²) < 4.78 is 42.7. The summed E-state index contributed by atoms with van der Waals surface area (Å²) >= 11 is 1.68. The van der Waals surface area contributed by atoms with Crippen LogP contribution in [0.25, 0.3) is 16.9 Å². The lowest BCUT2D eigenvalue weighted by Gasteiger charge is -2.35. The first-order chi connectivity index (χ1) is 23.5. The summed E-state index contributed by atoms with van der Waals surface area (Å²) in [4.78, 5) is 21.3. The van der Waals surface area contributed by atoms with E-state index in [0.717, 1.165) is 63.3 Å². The molecule has 250 valence electrons. The molecule has 16 heteroatoms. The Balaban J connectivity index is 1.08. The van der Waals surface area contributed by atoms with Crippen LogP contribution in [0.3, 0.4) is 0 Å². The fraction of sp³-hybridized carbons (Fsp3) is 0.438. The van der Waals surface area contributed by atoms with Crippen LogP contribution in [0.4, 0.5) is 14.5 Å². The van der Waals surface area contributed by atoms with Crippen LogP contribution >= 0.6 is 11.8 Å². The van der Waals surface area contributed by atoms with Crippen molar-refractivity contribution in [3.63, 3.8) is 0 Å². The van der Waals surface area contributed by atoms with Gasteiger partial charge in [-0.2, -0.15) is 19.0 Å². The number of likely N-dealkylation sites (tertiary alicyclic amines) is 1. The van der Waals surface area contributed by atoms with E-state index in [4.69, 9.17) is 14.6 Å². The van der Waals surface area contributed by atoms with Gasteiger partial charge in [0.05, 0.1) is 37.3 Å². The highest BCUT2D eigenvalue weighted by Gasteiger charge is 2.29. The van der Waals surface area contributed by atoms with Crippen LogP contribution in [0.2, 0.25) is 0 Å². The van der Waals surface area contributed by atoms with Gasteiger partial charge < -0.3 is 14.8 Å². The Morgan fingerprint density at radius 3 is 2.79 bits per heavy atom. The predicted molar refractivity (Wildman–Crippen MR) is 172 cm³/mol. The van der Waals surface area contributed by atoms with E-state index in [1.807, 2.05) is 10.9 Å². The summed E-state index contributed by atoms with van der Waals surface area (Å²) in [5, 5.41) is 21.3. The Bertz CT molecular complexity index is 1910. The largest absolute Gasteiger partial charge is 0.434 e. The van der Waals surface area contributed by atoms with Gasteiger partial charge in [-0.25, -0.2) is 14.2 Å². The first-order valence-corrected chi connectivity index (χ1v) is 17.0. The second kappa shape index (κ2) is 13.2. The van der Waals surface area contributed by atoms with Gasteiger partial charge in [0.1, 0.15) is 22.7 Å². The number of piperidine rings is 1. The lowest BCUT2D eigenvalue weighted by atomic mass is 10.0. The highest BCUT2D eigenvalue weighted by Crippen LogP contribution is 2.43. The van der Waals surface area contributed by atoms with Gasteiger partial charge in [-0.3, -0.25) is 14.4 Å². The molecule has 4 aromatic heterocycles. The maximum absolute atomic E-state index is 13.6. The fourth-order valence-corrected chi connectivity index (χ4v) is 7.46. The highest BCUT2D eigenvalue weighted by molar-refractivity contribution is 8.00. The molecule has 8 rings (SSSR count). The molecule has 3 aliphatic rings. The van der Waals surface area contributed by atoms with Crippen LogP contribution in [-0.2, 0) is 11.3 Å². The maximum Gasteiger partial charge on any atom is 0.387 e. The van der Waals surface area contributed by atoms with Gasteiger partial charge in [0.25, 0.3) is 5.91 Å². The van der Waals surface area contributed by atoms with Crippen molar-refractivity contribution in [1.29, 1.82) is 0 Å². The lowest BCUT2D eigenvalue weighted by molar-refractivity contribution is -0.0494. The minimum Gasteiger partial charge on any atom is -0.434 e. The van der Waals surface area contributed by atoms with Gasteiger partial charge in [-0.1, -0.05) is 5.21 Å². The molecule has 3 fully saturated rings. The van der Waals surface area contributed by atoms with E-state index < -0.39 is 12.5 Å². The quantitative estimate of drug-likeness (QED) is 0.209. The topological polar surface area (TPSA) is 130 Å². The number of hydrogen-bond donors (Lipinski definition) is 1. The molecule has 1 N–H and O–H groups in total. The first-order valence-electron chi connectivity index (χ1n) is 16.1. The Morgan fingerprint density at radius 1 is 1.12 bits per heavy atom.